The first-order valence-electron chi connectivity index (χ1n) is 2.50. The number of hydrogen-bond donors (Lipinski definition) is 0. The monoisotopic (exact) mass is 104 g/mol. The summed E-state index contributed by atoms with van der Waals surface area (Å²) in [6, 6.07) is 0. The van der Waals surface area contributed by atoms with Crippen LogP contribution in [0.3, 0.4) is 0 Å². The molecule has 1 heterocycles. The first kappa shape index (κ1) is 4.56. The van der Waals surface area contributed by atoms with Crippen LogP contribution >= 0.6 is 0 Å². The molecular formula is C4H8O3. The van der Waals surface area contributed by atoms with E-state index in [-0.39, 0.29) is 0 Å². The van der Waals surface area contributed by atoms with E-state index in [0.29, 0.717) is 0 Å². The standard InChI is InChI=1S/C4H8.O3/c1-2-4-3-1;1-2-3-1/h1-4H2;. The van der Waals surface area contributed by atoms with E-state index in [9.17, 15) is 0 Å². The molecule has 0 spiro atoms. The summed E-state index contributed by atoms with van der Waals surface area (Å²) < 4.78 is 10.5. The Bertz CT molecular complexity index is 64.9. The average Bonchev–Trinajstić information content (AvgIpc) is 1.95. The van der Waals surface area contributed by atoms with E-state index >= 15 is 0 Å². The Hall–Kier alpha value is -0.600. The fourth-order valence-corrected chi connectivity index (χ4v) is 0.250. The maximum atomic E-state index is 3.50. The third-order valence-electron chi connectivity index (χ3n) is 1.07. The van der Waals surface area contributed by atoms with Crippen molar-refractivity contribution >= 4 is 0 Å². The molecule has 1 aliphatic rings. The lowest BCUT2D eigenvalue weighted by Gasteiger charge is -2.05. The average molecular weight is 104 g/mol. The molecule has 1 fully saturated rings. The molecule has 0 unspecified atom stereocenters. The van der Waals surface area contributed by atoms with Crippen molar-refractivity contribution in [3.63, 3.8) is 0 Å². The van der Waals surface area contributed by atoms with Crippen molar-refractivity contribution in [2.24, 2.45) is 0 Å². The van der Waals surface area contributed by atoms with Gasteiger partial charge in [-0.25, -0.2) is 0 Å². The predicted octanol–water partition coefficient (Wildman–Crippen LogP) is 2.03. The summed E-state index contributed by atoms with van der Waals surface area (Å²) in [6.45, 7) is 0. The lowest BCUT2D eigenvalue weighted by molar-refractivity contribution is 0.264. The molecule has 1 aromatic rings. The van der Waals surface area contributed by atoms with Gasteiger partial charge in [0.1, 0.15) is 0 Å². The van der Waals surface area contributed by atoms with Gasteiger partial charge in [0, 0.05) is 14.2 Å². The molecule has 0 aliphatic heterocycles. The zero-order valence-electron chi connectivity index (χ0n) is 4.05. The molecule has 42 valence electrons. The molecule has 2 rings (SSSR count). The molecule has 0 saturated heterocycles. The minimum absolute atomic E-state index is 1.50. The summed E-state index contributed by atoms with van der Waals surface area (Å²) in [5.41, 5.74) is 0. The van der Waals surface area contributed by atoms with Crippen LogP contribution < -0.4 is 0 Å². The van der Waals surface area contributed by atoms with Crippen molar-refractivity contribution in [2.45, 2.75) is 25.7 Å². The topological polar surface area (TPSA) is 39.4 Å². The van der Waals surface area contributed by atoms with Crippen molar-refractivity contribution in [1.29, 1.82) is 0 Å². The Morgan fingerprint density at radius 3 is 0.857 bits per heavy atom. The predicted molar refractivity (Wildman–Crippen MR) is 21.7 cm³/mol. The van der Waals surface area contributed by atoms with Crippen LogP contribution in [-0.4, -0.2) is 0 Å². The van der Waals surface area contributed by atoms with Gasteiger partial charge < -0.3 is 0 Å². The van der Waals surface area contributed by atoms with E-state index in [0.717, 1.165) is 0 Å². The van der Waals surface area contributed by atoms with Gasteiger partial charge in [0.05, 0.1) is 0 Å². The third-order valence-corrected chi connectivity index (χ3v) is 1.07. The van der Waals surface area contributed by atoms with E-state index in [2.05, 4.69) is 14.2 Å². The smallest absolute Gasteiger partial charge is 0 e. The molecule has 3 nitrogen and oxygen atoms in total. The highest BCUT2D eigenvalue weighted by Gasteiger charge is 1.95. The van der Waals surface area contributed by atoms with Crippen molar-refractivity contribution in [1.82, 2.24) is 0 Å². The quantitative estimate of drug-likeness (QED) is 0.472. The van der Waals surface area contributed by atoms with E-state index in [4.69, 9.17) is 0 Å². The molecular weight excluding hydrogens is 96.0 g/mol. The Labute approximate surface area is 41.0 Å². The second kappa shape index (κ2) is 2.55. The molecule has 7 heavy (non-hydrogen) atoms. The van der Waals surface area contributed by atoms with Crippen LogP contribution in [0.4, 0.5) is 0 Å². The maximum Gasteiger partial charge on any atom is 0 e. The lowest BCUT2D eigenvalue weighted by atomic mass is 10.0. The second-order valence-corrected chi connectivity index (χ2v) is 1.62. The zero-order valence-corrected chi connectivity index (χ0v) is 4.05. The van der Waals surface area contributed by atoms with Crippen molar-refractivity contribution in [3.05, 3.63) is 0 Å². The van der Waals surface area contributed by atoms with Crippen LogP contribution in [-0.2, 0) is 0 Å². The molecule has 0 radical (unpaired) electrons. The second-order valence-electron chi connectivity index (χ2n) is 1.62. The van der Waals surface area contributed by atoms with E-state index < -0.39 is 0 Å². The summed E-state index contributed by atoms with van der Waals surface area (Å²) in [6.07, 6.45) is 6.00. The maximum absolute atomic E-state index is 3.50. The molecule has 0 N–H and O–H groups in total. The van der Waals surface area contributed by atoms with Crippen LogP contribution in [0.1, 0.15) is 25.7 Å². The van der Waals surface area contributed by atoms with Gasteiger partial charge in [-0.2, -0.15) is 0 Å². The van der Waals surface area contributed by atoms with Crippen molar-refractivity contribution in [2.75, 3.05) is 0 Å². The van der Waals surface area contributed by atoms with Gasteiger partial charge in [-0.15, -0.1) is 0 Å². The molecule has 3 heteroatoms. The zero-order chi connectivity index (χ0) is 4.95. The molecule has 0 amide bonds. The summed E-state index contributed by atoms with van der Waals surface area (Å²) in [5, 5.41) is 0. The number of rotatable bonds is 0. The van der Waals surface area contributed by atoms with Crippen LogP contribution in [0, 0.1) is 0 Å². The highest BCUT2D eigenvalue weighted by molar-refractivity contribution is 4.50. The molecule has 1 saturated carbocycles. The number of hydrogen-bond acceptors (Lipinski definition) is 3. The Morgan fingerprint density at radius 1 is 0.571 bits per heavy atom. The first-order chi connectivity index (χ1) is 3.50. The summed E-state index contributed by atoms with van der Waals surface area (Å²) >= 11 is 0. The SMILES string of the molecule is C1CCC1.o1oo1. The largest absolute Gasteiger partial charge is 0.0533 e. The normalized spacial score (nSPS) is 17.1. The molecule has 1 aromatic heterocycles. The Morgan fingerprint density at radius 2 is 0.857 bits per heavy atom. The van der Waals surface area contributed by atoms with Gasteiger partial charge in [0.15, 0.2) is 0 Å². The molecule has 0 bridgehead atoms. The van der Waals surface area contributed by atoms with Gasteiger partial charge in [-0.3, -0.25) is 0 Å². The van der Waals surface area contributed by atoms with Crippen LogP contribution in [0.25, 0.3) is 0 Å². The molecule has 0 aromatic carbocycles. The van der Waals surface area contributed by atoms with E-state index in [1.165, 1.54) is 25.7 Å². The summed E-state index contributed by atoms with van der Waals surface area (Å²) in [4.78, 5) is 0. The fraction of sp³-hybridized carbons (Fsp3) is 1.00. The summed E-state index contributed by atoms with van der Waals surface area (Å²) in [5.74, 6) is 0. The van der Waals surface area contributed by atoms with Crippen LogP contribution in [0.2, 0.25) is 0 Å². The van der Waals surface area contributed by atoms with Gasteiger partial charge in [0.2, 0.25) is 0 Å². The minimum atomic E-state index is 1.50. The van der Waals surface area contributed by atoms with Crippen LogP contribution in [0.5, 0.6) is 0 Å². The summed E-state index contributed by atoms with van der Waals surface area (Å²) in [7, 11) is 0. The molecule has 1 aliphatic carbocycles. The van der Waals surface area contributed by atoms with Gasteiger partial charge in [-0.1, -0.05) is 25.7 Å². The minimum Gasteiger partial charge on any atom is -0.0533 e. The van der Waals surface area contributed by atoms with E-state index in [1.807, 2.05) is 0 Å². The van der Waals surface area contributed by atoms with Gasteiger partial charge >= 0.3 is 0 Å². The highest BCUT2D eigenvalue weighted by atomic mass is 17.6. The Kier molecular flexibility index (Phi) is 1.66. The van der Waals surface area contributed by atoms with Gasteiger partial charge in [0.25, 0.3) is 0 Å². The van der Waals surface area contributed by atoms with Crippen molar-refractivity contribution < 1.29 is 14.2 Å². The van der Waals surface area contributed by atoms with Gasteiger partial charge in [-0.05, 0) is 0 Å². The fourth-order valence-electron chi connectivity index (χ4n) is 0.250. The van der Waals surface area contributed by atoms with Crippen molar-refractivity contribution in [3.8, 4) is 0 Å². The van der Waals surface area contributed by atoms with Crippen LogP contribution in [0.15, 0.2) is 14.2 Å². The molecule has 0 atom stereocenters. The highest BCUT2D eigenvalue weighted by Crippen LogP contribution is 2.15. The third kappa shape index (κ3) is 3.22. The Balaban J connectivity index is 0.0000000729. The lowest BCUT2D eigenvalue weighted by Crippen LogP contribution is -1.85. The van der Waals surface area contributed by atoms with E-state index in [1.54, 1.807) is 0 Å². The first-order valence-corrected chi connectivity index (χ1v) is 2.50.